The molecule has 0 spiro atoms. The smallest absolute Gasteiger partial charge is 0.169 e. The quantitative estimate of drug-likeness (QED) is 0.633. The molecule has 2 nitrogen and oxygen atoms in total. The van der Waals surface area contributed by atoms with Crippen LogP contribution in [0.15, 0.2) is 47.0 Å². The van der Waals surface area contributed by atoms with Gasteiger partial charge >= 0.3 is 0 Å². The third-order valence-electron chi connectivity index (χ3n) is 3.56. The molecule has 0 aromatic rings. The van der Waals surface area contributed by atoms with E-state index < -0.39 is 0 Å². The van der Waals surface area contributed by atoms with E-state index in [4.69, 9.17) is 4.74 Å². The molecule has 2 aliphatic carbocycles. The van der Waals surface area contributed by atoms with E-state index in [9.17, 15) is 4.79 Å². The number of hydrogen-bond donors (Lipinski definition) is 0. The van der Waals surface area contributed by atoms with Crippen LogP contribution in [0.25, 0.3) is 0 Å². The lowest BCUT2D eigenvalue weighted by Crippen LogP contribution is -2.19. The monoisotopic (exact) mass is 228 g/mol. The molecule has 0 unspecified atom stereocenters. The van der Waals surface area contributed by atoms with Gasteiger partial charge in [-0.2, -0.15) is 0 Å². The summed E-state index contributed by atoms with van der Waals surface area (Å²) in [6.07, 6.45) is 13.6. The molecule has 0 fully saturated rings. The second-order valence-electron chi connectivity index (χ2n) is 4.75. The van der Waals surface area contributed by atoms with E-state index >= 15 is 0 Å². The molecule has 0 atom stereocenters. The topological polar surface area (TPSA) is 26.3 Å². The summed E-state index contributed by atoms with van der Waals surface area (Å²) in [5.74, 6) is 2.09. The molecule has 2 heteroatoms. The van der Waals surface area contributed by atoms with Crippen molar-refractivity contribution in [2.24, 2.45) is 0 Å². The first-order valence-electron chi connectivity index (χ1n) is 6.33. The Hall–Kier alpha value is -1.57. The summed E-state index contributed by atoms with van der Waals surface area (Å²) in [5.41, 5.74) is 2.11. The molecule has 0 saturated carbocycles. The third kappa shape index (κ3) is 1.99. The zero-order chi connectivity index (χ0) is 11.7. The Morgan fingerprint density at radius 2 is 1.94 bits per heavy atom. The van der Waals surface area contributed by atoms with Crippen LogP contribution < -0.4 is 0 Å². The van der Waals surface area contributed by atoms with Crippen molar-refractivity contribution in [3.63, 3.8) is 0 Å². The fraction of sp³-hybridized carbons (Fsp3) is 0.400. The minimum Gasteiger partial charge on any atom is -0.465 e. The van der Waals surface area contributed by atoms with E-state index in [1.807, 2.05) is 12.2 Å². The van der Waals surface area contributed by atoms with Crippen molar-refractivity contribution in [2.75, 3.05) is 0 Å². The normalized spacial score (nSPS) is 28.1. The number of Topliss-reactive ketones (excluding diaryl/α,β-unsaturated/α-hetero) is 1. The molecule has 1 heterocycles. The molecule has 0 radical (unpaired) electrons. The van der Waals surface area contributed by atoms with E-state index in [1.165, 1.54) is 0 Å². The molecule has 17 heavy (non-hydrogen) atoms. The van der Waals surface area contributed by atoms with Crippen LogP contribution in [-0.2, 0) is 9.53 Å². The Labute approximate surface area is 101 Å². The van der Waals surface area contributed by atoms with E-state index in [0.29, 0.717) is 6.42 Å². The van der Waals surface area contributed by atoms with Crippen LogP contribution in [-0.4, -0.2) is 5.78 Å². The van der Waals surface area contributed by atoms with Gasteiger partial charge in [0.05, 0.1) is 6.42 Å². The number of allylic oxidation sites excluding steroid dienone is 8. The minimum absolute atomic E-state index is 0.274. The van der Waals surface area contributed by atoms with Crippen molar-refractivity contribution < 1.29 is 9.53 Å². The van der Waals surface area contributed by atoms with Crippen molar-refractivity contribution in [3.8, 4) is 0 Å². The second-order valence-corrected chi connectivity index (χ2v) is 4.75. The van der Waals surface area contributed by atoms with Gasteiger partial charge in [-0.25, -0.2) is 0 Å². The highest BCUT2D eigenvalue weighted by Gasteiger charge is 2.28. The highest BCUT2D eigenvalue weighted by Crippen LogP contribution is 2.35. The van der Waals surface area contributed by atoms with Crippen LogP contribution in [0.5, 0.6) is 0 Å². The Morgan fingerprint density at radius 3 is 2.76 bits per heavy atom. The first-order valence-corrected chi connectivity index (χ1v) is 6.33. The fourth-order valence-electron chi connectivity index (χ4n) is 2.62. The van der Waals surface area contributed by atoms with Gasteiger partial charge in [0.25, 0.3) is 0 Å². The maximum atomic E-state index is 12.1. The van der Waals surface area contributed by atoms with Crippen LogP contribution in [0.3, 0.4) is 0 Å². The molecule has 88 valence electrons. The molecule has 0 saturated heterocycles. The lowest BCUT2D eigenvalue weighted by molar-refractivity contribution is -0.116. The highest BCUT2D eigenvalue weighted by molar-refractivity contribution is 5.98. The summed E-state index contributed by atoms with van der Waals surface area (Å²) >= 11 is 0. The van der Waals surface area contributed by atoms with Crippen LogP contribution in [0.1, 0.15) is 38.5 Å². The van der Waals surface area contributed by atoms with Gasteiger partial charge in [0.15, 0.2) is 5.78 Å². The summed E-state index contributed by atoms with van der Waals surface area (Å²) < 4.78 is 5.95. The average Bonchev–Trinajstić information content (AvgIpc) is 2.40. The predicted octanol–water partition coefficient (Wildman–Crippen LogP) is 3.57. The van der Waals surface area contributed by atoms with Crippen LogP contribution in [0.4, 0.5) is 0 Å². The molecule has 0 bridgehead atoms. The Balaban J connectivity index is 1.93. The molecular formula is C15H16O2. The lowest BCUT2D eigenvalue weighted by Gasteiger charge is -2.27. The van der Waals surface area contributed by atoms with E-state index in [2.05, 4.69) is 12.2 Å². The molecule has 0 aromatic heterocycles. The molecule has 0 aromatic carbocycles. The minimum atomic E-state index is 0.274. The summed E-state index contributed by atoms with van der Waals surface area (Å²) in [5, 5.41) is 0. The Morgan fingerprint density at radius 1 is 1.06 bits per heavy atom. The Bertz CT molecular complexity index is 475. The maximum Gasteiger partial charge on any atom is 0.169 e. The van der Waals surface area contributed by atoms with Gasteiger partial charge in [-0.05, 0) is 31.3 Å². The standard InChI is InChI=1S/C15H16O2/c16-13-10-15(11-6-2-1-3-7-11)17-14-9-5-4-8-12(13)14/h1-3,6H,4-5,7-10H2. The number of hydrogen-bond acceptors (Lipinski definition) is 2. The predicted molar refractivity (Wildman–Crippen MR) is 66.1 cm³/mol. The average molecular weight is 228 g/mol. The number of ketones is 1. The van der Waals surface area contributed by atoms with Crippen LogP contribution in [0, 0.1) is 0 Å². The van der Waals surface area contributed by atoms with Crippen LogP contribution in [0.2, 0.25) is 0 Å². The van der Waals surface area contributed by atoms with E-state index in [1.54, 1.807) is 0 Å². The number of ether oxygens (including phenoxy) is 1. The number of rotatable bonds is 0. The van der Waals surface area contributed by atoms with E-state index in [0.717, 1.165) is 54.8 Å². The molecule has 1 aliphatic heterocycles. The molecular weight excluding hydrogens is 212 g/mol. The fourth-order valence-corrected chi connectivity index (χ4v) is 2.62. The lowest BCUT2D eigenvalue weighted by atomic mass is 9.90. The zero-order valence-corrected chi connectivity index (χ0v) is 9.87. The molecule has 0 amide bonds. The summed E-state index contributed by atoms with van der Waals surface area (Å²) in [7, 11) is 0. The SMILES string of the molecule is O=C1CC(=C2C=CC=CC2)OC2=C1CCCC2. The molecule has 3 rings (SSSR count). The first-order chi connectivity index (χ1) is 8.34. The van der Waals surface area contributed by atoms with Gasteiger partial charge in [-0.15, -0.1) is 0 Å². The van der Waals surface area contributed by atoms with Crippen LogP contribution >= 0.6 is 0 Å². The maximum absolute atomic E-state index is 12.1. The summed E-state index contributed by atoms with van der Waals surface area (Å²) in [4.78, 5) is 12.1. The van der Waals surface area contributed by atoms with Crippen molar-refractivity contribution in [1.82, 2.24) is 0 Å². The van der Waals surface area contributed by atoms with Crippen molar-refractivity contribution in [1.29, 1.82) is 0 Å². The van der Waals surface area contributed by atoms with Gasteiger partial charge in [-0.3, -0.25) is 4.79 Å². The van der Waals surface area contributed by atoms with Gasteiger partial charge in [-0.1, -0.05) is 24.3 Å². The van der Waals surface area contributed by atoms with Crippen molar-refractivity contribution in [3.05, 3.63) is 47.0 Å². The molecule has 0 N–H and O–H groups in total. The van der Waals surface area contributed by atoms with Gasteiger partial charge in [0, 0.05) is 12.0 Å². The number of carbonyl (C=O) groups is 1. The summed E-state index contributed by atoms with van der Waals surface area (Å²) in [6, 6.07) is 0. The second kappa shape index (κ2) is 4.36. The first kappa shape index (κ1) is 10.6. The van der Waals surface area contributed by atoms with Gasteiger partial charge in [0.2, 0.25) is 0 Å². The van der Waals surface area contributed by atoms with E-state index in [-0.39, 0.29) is 5.78 Å². The third-order valence-corrected chi connectivity index (χ3v) is 3.56. The zero-order valence-electron chi connectivity index (χ0n) is 9.87. The van der Waals surface area contributed by atoms with Gasteiger partial charge < -0.3 is 4.74 Å². The van der Waals surface area contributed by atoms with Gasteiger partial charge in [0.1, 0.15) is 11.5 Å². The Kier molecular flexibility index (Phi) is 2.71. The van der Waals surface area contributed by atoms with Crippen molar-refractivity contribution >= 4 is 5.78 Å². The molecule has 3 aliphatic rings. The number of carbonyl (C=O) groups excluding carboxylic acids is 1. The summed E-state index contributed by atoms with van der Waals surface area (Å²) in [6.45, 7) is 0. The highest BCUT2D eigenvalue weighted by atomic mass is 16.5. The van der Waals surface area contributed by atoms with Crippen molar-refractivity contribution in [2.45, 2.75) is 38.5 Å². The largest absolute Gasteiger partial charge is 0.465 e.